The molecule has 0 heterocycles. The second kappa shape index (κ2) is 7.80. The van der Waals surface area contributed by atoms with Gasteiger partial charge in [0.05, 0.1) is 5.60 Å². The van der Waals surface area contributed by atoms with Crippen LogP contribution < -0.4 is 5.32 Å². The highest BCUT2D eigenvalue weighted by Crippen LogP contribution is 2.28. The second-order valence-corrected chi connectivity index (χ2v) is 5.77. The van der Waals surface area contributed by atoms with Crippen LogP contribution in [0.25, 0.3) is 0 Å². The average Bonchev–Trinajstić information content (AvgIpc) is 2.46. The normalized spacial score (nSPS) is 13.5. The van der Waals surface area contributed by atoms with Crippen LogP contribution in [-0.4, -0.2) is 19.3 Å². The highest BCUT2D eigenvalue weighted by Gasteiger charge is 2.24. The lowest BCUT2D eigenvalue weighted by molar-refractivity contribution is 0.0116. The van der Waals surface area contributed by atoms with Gasteiger partial charge in [-0.2, -0.15) is 0 Å². The zero-order chi connectivity index (χ0) is 16.0. The Labute approximate surface area is 124 Å². The quantitative estimate of drug-likeness (QED) is 0.721. The third kappa shape index (κ3) is 5.00. The SMILES string of the molecule is CCCNC(CCC(C)(C)OC)c1ccc(F)c(F)c1F. The standard InChI is InChI=1S/C16H24F3NO/c1-5-10-20-13(8-9-16(2,3)21-4)11-6-7-12(17)15(19)14(11)18/h6-7,13,20H,5,8-10H2,1-4H3. The Kier molecular flexibility index (Phi) is 6.68. The fourth-order valence-electron chi connectivity index (χ4n) is 2.09. The molecule has 1 rings (SSSR count). The lowest BCUT2D eigenvalue weighted by atomic mass is 9.94. The molecule has 0 fully saturated rings. The molecule has 120 valence electrons. The van der Waals surface area contributed by atoms with Crippen molar-refractivity contribution in [1.29, 1.82) is 0 Å². The minimum Gasteiger partial charge on any atom is -0.379 e. The van der Waals surface area contributed by atoms with Crippen LogP contribution in [0.2, 0.25) is 0 Å². The smallest absolute Gasteiger partial charge is 0.194 e. The van der Waals surface area contributed by atoms with Crippen LogP contribution in [-0.2, 0) is 4.74 Å². The van der Waals surface area contributed by atoms with Crippen molar-refractivity contribution in [2.75, 3.05) is 13.7 Å². The topological polar surface area (TPSA) is 21.3 Å². The Balaban J connectivity index is 2.94. The zero-order valence-electron chi connectivity index (χ0n) is 13.1. The Bertz CT molecular complexity index is 463. The van der Waals surface area contributed by atoms with E-state index < -0.39 is 17.5 Å². The van der Waals surface area contributed by atoms with Gasteiger partial charge >= 0.3 is 0 Å². The van der Waals surface area contributed by atoms with Gasteiger partial charge in [0.2, 0.25) is 0 Å². The number of rotatable bonds is 8. The molecular weight excluding hydrogens is 279 g/mol. The molecule has 0 bridgehead atoms. The molecule has 0 radical (unpaired) electrons. The lowest BCUT2D eigenvalue weighted by Crippen LogP contribution is -2.28. The van der Waals surface area contributed by atoms with Crippen molar-refractivity contribution in [2.24, 2.45) is 0 Å². The molecule has 1 atom stereocenters. The summed E-state index contributed by atoms with van der Waals surface area (Å²) < 4.78 is 45.8. The van der Waals surface area contributed by atoms with Gasteiger partial charge in [0.25, 0.3) is 0 Å². The number of hydrogen-bond acceptors (Lipinski definition) is 2. The predicted molar refractivity (Wildman–Crippen MR) is 77.7 cm³/mol. The van der Waals surface area contributed by atoms with Gasteiger partial charge in [-0.05, 0) is 45.7 Å². The van der Waals surface area contributed by atoms with E-state index in [9.17, 15) is 13.2 Å². The molecular formula is C16H24F3NO. The Morgan fingerprint density at radius 1 is 1.19 bits per heavy atom. The monoisotopic (exact) mass is 303 g/mol. The van der Waals surface area contributed by atoms with Crippen molar-refractivity contribution >= 4 is 0 Å². The molecule has 21 heavy (non-hydrogen) atoms. The molecule has 1 aromatic carbocycles. The molecule has 1 unspecified atom stereocenters. The van der Waals surface area contributed by atoms with Crippen LogP contribution in [0.4, 0.5) is 13.2 Å². The van der Waals surface area contributed by atoms with E-state index in [1.54, 1.807) is 7.11 Å². The molecule has 0 spiro atoms. The third-order valence-electron chi connectivity index (χ3n) is 3.67. The van der Waals surface area contributed by atoms with Crippen molar-refractivity contribution in [3.63, 3.8) is 0 Å². The number of methoxy groups -OCH3 is 1. The van der Waals surface area contributed by atoms with Gasteiger partial charge in [-0.1, -0.05) is 13.0 Å². The highest BCUT2D eigenvalue weighted by molar-refractivity contribution is 5.23. The van der Waals surface area contributed by atoms with E-state index in [0.717, 1.165) is 12.5 Å². The first kappa shape index (κ1) is 18.0. The van der Waals surface area contributed by atoms with E-state index in [0.29, 0.717) is 19.4 Å². The van der Waals surface area contributed by atoms with Gasteiger partial charge in [-0.25, -0.2) is 13.2 Å². The number of halogens is 3. The number of benzene rings is 1. The third-order valence-corrected chi connectivity index (χ3v) is 3.67. The Hall–Kier alpha value is -1.07. The minimum absolute atomic E-state index is 0.161. The first-order chi connectivity index (χ1) is 9.82. The zero-order valence-corrected chi connectivity index (χ0v) is 13.1. The van der Waals surface area contributed by atoms with Crippen LogP contribution >= 0.6 is 0 Å². The molecule has 0 saturated carbocycles. The van der Waals surface area contributed by atoms with Gasteiger partial charge < -0.3 is 10.1 Å². The van der Waals surface area contributed by atoms with Crippen molar-refractivity contribution in [2.45, 2.75) is 51.7 Å². The van der Waals surface area contributed by atoms with E-state index >= 15 is 0 Å². The Morgan fingerprint density at radius 3 is 2.43 bits per heavy atom. The van der Waals surface area contributed by atoms with Gasteiger partial charge in [0.15, 0.2) is 17.5 Å². The van der Waals surface area contributed by atoms with Gasteiger partial charge in [-0.3, -0.25) is 0 Å². The number of ether oxygens (including phenoxy) is 1. The molecule has 0 aliphatic rings. The van der Waals surface area contributed by atoms with Gasteiger partial charge in [0, 0.05) is 18.7 Å². The van der Waals surface area contributed by atoms with E-state index in [4.69, 9.17) is 4.74 Å². The maximum atomic E-state index is 14.0. The van der Waals surface area contributed by atoms with Gasteiger partial charge in [-0.15, -0.1) is 0 Å². The van der Waals surface area contributed by atoms with Crippen molar-refractivity contribution in [1.82, 2.24) is 5.32 Å². The summed E-state index contributed by atoms with van der Waals surface area (Å²) in [4.78, 5) is 0. The average molecular weight is 303 g/mol. The van der Waals surface area contributed by atoms with Crippen molar-refractivity contribution in [3.8, 4) is 0 Å². The number of hydrogen-bond donors (Lipinski definition) is 1. The second-order valence-electron chi connectivity index (χ2n) is 5.77. The molecule has 0 saturated heterocycles. The Morgan fingerprint density at radius 2 is 1.86 bits per heavy atom. The molecule has 5 heteroatoms. The van der Waals surface area contributed by atoms with Gasteiger partial charge in [0.1, 0.15) is 0 Å². The van der Waals surface area contributed by atoms with E-state index in [1.807, 2.05) is 20.8 Å². The summed E-state index contributed by atoms with van der Waals surface area (Å²) in [5.41, 5.74) is -0.185. The fraction of sp³-hybridized carbons (Fsp3) is 0.625. The van der Waals surface area contributed by atoms with E-state index in [2.05, 4.69) is 5.32 Å². The predicted octanol–water partition coefficient (Wildman–Crippen LogP) is 4.35. The molecule has 1 N–H and O–H groups in total. The molecule has 0 aliphatic heterocycles. The van der Waals surface area contributed by atoms with E-state index in [-0.39, 0.29) is 17.2 Å². The number of nitrogens with one attached hydrogen (secondary N) is 1. The molecule has 0 aromatic heterocycles. The maximum Gasteiger partial charge on any atom is 0.194 e. The minimum atomic E-state index is -1.41. The fourth-order valence-corrected chi connectivity index (χ4v) is 2.09. The van der Waals surface area contributed by atoms with Crippen LogP contribution in [0.5, 0.6) is 0 Å². The first-order valence-electron chi connectivity index (χ1n) is 7.24. The van der Waals surface area contributed by atoms with E-state index in [1.165, 1.54) is 6.07 Å². The summed E-state index contributed by atoms with van der Waals surface area (Å²) in [7, 11) is 1.62. The first-order valence-corrected chi connectivity index (χ1v) is 7.24. The maximum absolute atomic E-state index is 14.0. The summed E-state index contributed by atoms with van der Waals surface area (Å²) in [6, 6.07) is 1.91. The molecule has 1 aromatic rings. The molecule has 0 aliphatic carbocycles. The summed E-state index contributed by atoms with van der Waals surface area (Å²) in [6.45, 7) is 6.54. The lowest BCUT2D eigenvalue weighted by Gasteiger charge is -2.27. The summed E-state index contributed by atoms with van der Waals surface area (Å²) in [5, 5.41) is 3.19. The highest BCUT2D eigenvalue weighted by atomic mass is 19.2. The summed E-state index contributed by atoms with van der Waals surface area (Å²) in [5.74, 6) is -3.69. The van der Waals surface area contributed by atoms with Crippen LogP contribution in [0.3, 0.4) is 0 Å². The van der Waals surface area contributed by atoms with Crippen LogP contribution in [0.1, 0.15) is 51.6 Å². The van der Waals surface area contributed by atoms with Crippen molar-refractivity contribution < 1.29 is 17.9 Å². The summed E-state index contributed by atoms with van der Waals surface area (Å²) >= 11 is 0. The van der Waals surface area contributed by atoms with Crippen molar-refractivity contribution in [3.05, 3.63) is 35.1 Å². The molecule has 2 nitrogen and oxygen atoms in total. The van der Waals surface area contributed by atoms with Crippen LogP contribution in [0.15, 0.2) is 12.1 Å². The largest absolute Gasteiger partial charge is 0.379 e. The summed E-state index contributed by atoms with van der Waals surface area (Å²) in [6.07, 6.45) is 2.11. The van der Waals surface area contributed by atoms with Crippen LogP contribution in [0, 0.1) is 17.5 Å². The molecule has 0 amide bonds.